The number of aryl methyl sites for hydroxylation is 3. The minimum Gasteiger partial charge on any atom is -0.303 e. The summed E-state index contributed by atoms with van der Waals surface area (Å²) < 4.78 is 0. The van der Waals surface area contributed by atoms with Crippen LogP contribution in [-0.2, 0) is 12.8 Å². The second kappa shape index (κ2) is 11.8. The van der Waals surface area contributed by atoms with Crippen molar-refractivity contribution >= 4 is 18.5 Å². The summed E-state index contributed by atoms with van der Waals surface area (Å²) in [6, 6.07) is 14.0. The SMILES string of the molecule is C=N/N=C(/C)CCC1=Cc2c(CCCCN3CCC(c4ccc(C)c(C)c4)CC3)cccc2C1. The molecule has 0 unspecified atom stereocenters. The lowest BCUT2D eigenvalue weighted by Crippen LogP contribution is -2.33. The Balaban J connectivity index is 1.21. The van der Waals surface area contributed by atoms with Crippen molar-refractivity contribution in [1.29, 1.82) is 0 Å². The minimum atomic E-state index is 0.742. The van der Waals surface area contributed by atoms with E-state index in [1.54, 1.807) is 5.56 Å². The van der Waals surface area contributed by atoms with E-state index in [9.17, 15) is 0 Å². The zero-order chi connectivity index (χ0) is 23.9. The molecule has 0 spiro atoms. The fourth-order valence-electron chi connectivity index (χ4n) is 5.56. The summed E-state index contributed by atoms with van der Waals surface area (Å²) in [5.74, 6) is 0.742. The van der Waals surface area contributed by atoms with Gasteiger partial charge in [0, 0.05) is 12.4 Å². The number of unbranched alkanes of at least 4 members (excludes halogenated alkanes) is 1. The van der Waals surface area contributed by atoms with Crippen molar-refractivity contribution in [2.24, 2.45) is 10.2 Å². The third kappa shape index (κ3) is 6.33. The normalized spacial score (nSPS) is 17.0. The highest BCUT2D eigenvalue weighted by Gasteiger charge is 2.21. The van der Waals surface area contributed by atoms with Gasteiger partial charge < -0.3 is 4.90 Å². The molecule has 0 bridgehead atoms. The average molecular weight is 456 g/mol. The van der Waals surface area contributed by atoms with Gasteiger partial charge in [0.1, 0.15) is 0 Å². The number of hydrogen-bond acceptors (Lipinski definition) is 3. The largest absolute Gasteiger partial charge is 0.303 e. The second-order valence-electron chi connectivity index (χ2n) is 10.4. The van der Waals surface area contributed by atoms with Crippen LogP contribution in [0.4, 0.5) is 0 Å². The third-order valence-electron chi connectivity index (χ3n) is 7.86. The number of allylic oxidation sites excluding steroid dienone is 1. The molecule has 1 fully saturated rings. The first-order valence-electron chi connectivity index (χ1n) is 13.1. The number of rotatable bonds is 10. The lowest BCUT2D eigenvalue weighted by Gasteiger charge is -2.32. The third-order valence-corrected chi connectivity index (χ3v) is 7.86. The predicted molar refractivity (Wildman–Crippen MR) is 147 cm³/mol. The Morgan fingerprint density at radius 2 is 1.85 bits per heavy atom. The Kier molecular flexibility index (Phi) is 8.50. The maximum Gasteiger partial charge on any atom is 0.0377 e. The molecule has 180 valence electrons. The van der Waals surface area contributed by atoms with Crippen LogP contribution >= 0.6 is 0 Å². The molecular weight excluding hydrogens is 414 g/mol. The molecule has 2 aliphatic rings. The van der Waals surface area contributed by atoms with E-state index >= 15 is 0 Å². The van der Waals surface area contributed by atoms with Crippen LogP contribution in [0.2, 0.25) is 0 Å². The van der Waals surface area contributed by atoms with Crippen LogP contribution in [0.1, 0.15) is 84.7 Å². The van der Waals surface area contributed by atoms with Crippen molar-refractivity contribution in [2.45, 2.75) is 78.1 Å². The molecule has 2 aromatic rings. The molecule has 4 rings (SSSR count). The zero-order valence-corrected chi connectivity index (χ0v) is 21.4. The molecule has 0 radical (unpaired) electrons. The fourth-order valence-corrected chi connectivity index (χ4v) is 5.56. The molecule has 34 heavy (non-hydrogen) atoms. The van der Waals surface area contributed by atoms with Gasteiger partial charge >= 0.3 is 0 Å². The molecule has 0 atom stereocenters. The van der Waals surface area contributed by atoms with Crippen LogP contribution in [0, 0.1) is 13.8 Å². The molecule has 0 N–H and O–H groups in total. The van der Waals surface area contributed by atoms with Gasteiger partial charge in [0.15, 0.2) is 0 Å². The second-order valence-corrected chi connectivity index (χ2v) is 10.4. The summed E-state index contributed by atoms with van der Waals surface area (Å²) >= 11 is 0. The van der Waals surface area contributed by atoms with Crippen molar-refractivity contribution in [1.82, 2.24) is 4.90 Å². The Hall–Kier alpha value is -2.52. The monoisotopic (exact) mass is 455 g/mol. The quantitative estimate of drug-likeness (QED) is 0.210. The van der Waals surface area contributed by atoms with E-state index in [0.29, 0.717) is 0 Å². The molecule has 0 saturated carbocycles. The van der Waals surface area contributed by atoms with Crippen molar-refractivity contribution in [3.8, 4) is 0 Å². The van der Waals surface area contributed by atoms with Crippen LogP contribution in [0.15, 0.2) is 52.2 Å². The smallest absolute Gasteiger partial charge is 0.0377 e. The summed E-state index contributed by atoms with van der Waals surface area (Å²) in [4.78, 5) is 2.69. The van der Waals surface area contributed by atoms with E-state index in [1.807, 2.05) is 6.92 Å². The highest BCUT2D eigenvalue weighted by Crippen LogP contribution is 2.32. The minimum absolute atomic E-state index is 0.742. The van der Waals surface area contributed by atoms with Gasteiger partial charge in [-0.25, -0.2) is 0 Å². The molecule has 1 aliphatic carbocycles. The van der Waals surface area contributed by atoms with E-state index in [4.69, 9.17) is 0 Å². The van der Waals surface area contributed by atoms with Crippen LogP contribution in [0.5, 0.6) is 0 Å². The summed E-state index contributed by atoms with van der Waals surface area (Å²) in [5, 5.41) is 7.71. The Bertz CT molecular complexity index is 1050. The van der Waals surface area contributed by atoms with Crippen molar-refractivity contribution in [3.63, 3.8) is 0 Å². The van der Waals surface area contributed by atoms with Gasteiger partial charge in [-0.3, -0.25) is 0 Å². The predicted octanol–water partition coefficient (Wildman–Crippen LogP) is 7.30. The van der Waals surface area contributed by atoms with Gasteiger partial charge in [0.05, 0.1) is 0 Å². The summed E-state index contributed by atoms with van der Waals surface area (Å²) in [5.41, 5.74) is 11.5. The van der Waals surface area contributed by atoms with Crippen molar-refractivity contribution in [2.75, 3.05) is 19.6 Å². The topological polar surface area (TPSA) is 28.0 Å². The lowest BCUT2D eigenvalue weighted by molar-refractivity contribution is 0.209. The number of likely N-dealkylation sites (tertiary alicyclic amines) is 1. The number of benzene rings is 2. The summed E-state index contributed by atoms with van der Waals surface area (Å²) in [6.45, 7) is 13.7. The van der Waals surface area contributed by atoms with Gasteiger partial charge in [-0.15, -0.1) is 0 Å². The molecule has 0 amide bonds. The number of nitrogens with zero attached hydrogens (tertiary/aromatic N) is 3. The molecule has 0 aromatic heterocycles. The highest BCUT2D eigenvalue weighted by molar-refractivity contribution is 5.82. The molecule has 3 nitrogen and oxygen atoms in total. The van der Waals surface area contributed by atoms with Gasteiger partial charge in [-0.1, -0.05) is 48.0 Å². The molecule has 1 aliphatic heterocycles. The number of fused-ring (bicyclic) bond motifs is 1. The first-order valence-corrected chi connectivity index (χ1v) is 13.1. The maximum atomic E-state index is 4.07. The van der Waals surface area contributed by atoms with Gasteiger partial charge in [-0.05, 0) is 131 Å². The molecule has 2 aromatic carbocycles. The summed E-state index contributed by atoms with van der Waals surface area (Å²) in [7, 11) is 0. The van der Waals surface area contributed by atoms with Crippen LogP contribution < -0.4 is 0 Å². The molecule has 1 saturated heterocycles. The van der Waals surface area contributed by atoms with Gasteiger partial charge in [0.2, 0.25) is 0 Å². The van der Waals surface area contributed by atoms with Crippen molar-refractivity contribution in [3.05, 3.63) is 75.4 Å². The average Bonchev–Trinajstić information content (AvgIpc) is 3.27. The van der Waals surface area contributed by atoms with E-state index in [-0.39, 0.29) is 0 Å². The van der Waals surface area contributed by atoms with E-state index in [0.717, 1.165) is 30.9 Å². The van der Waals surface area contributed by atoms with E-state index in [2.05, 4.69) is 78.1 Å². The highest BCUT2D eigenvalue weighted by atomic mass is 15.2. The zero-order valence-electron chi connectivity index (χ0n) is 21.4. The standard InChI is InChI=1S/C31H41N3/c1-23-11-14-29(20-24(23)2)27-15-18-34(19-16-27)17-6-5-8-28-9-7-10-30-21-26(22-31(28)30)13-12-25(3)33-32-4/h7,9-11,14,20,22,27H,4-6,8,12-13,15-19,21H2,1-3H3/b33-25-. The van der Waals surface area contributed by atoms with E-state index in [1.165, 1.54) is 85.1 Å². The first-order chi connectivity index (χ1) is 16.5. The van der Waals surface area contributed by atoms with Crippen LogP contribution in [-0.4, -0.2) is 37.0 Å². The van der Waals surface area contributed by atoms with Crippen LogP contribution in [0.25, 0.3) is 6.08 Å². The van der Waals surface area contributed by atoms with Crippen molar-refractivity contribution < 1.29 is 0 Å². The molecule has 3 heteroatoms. The van der Waals surface area contributed by atoms with Gasteiger partial charge in [-0.2, -0.15) is 10.2 Å². The Morgan fingerprint density at radius 3 is 2.62 bits per heavy atom. The van der Waals surface area contributed by atoms with Gasteiger partial charge in [0.25, 0.3) is 0 Å². The first kappa shape index (κ1) is 24.6. The number of hydrogen-bond donors (Lipinski definition) is 0. The summed E-state index contributed by atoms with van der Waals surface area (Å²) in [6.07, 6.45) is 11.9. The Labute approximate surface area is 206 Å². The maximum absolute atomic E-state index is 4.07. The fraction of sp³-hybridized carbons (Fsp3) is 0.484. The molecular formula is C31H41N3. The van der Waals surface area contributed by atoms with E-state index < -0.39 is 0 Å². The number of piperidine rings is 1. The lowest BCUT2D eigenvalue weighted by atomic mass is 9.88. The Morgan fingerprint density at radius 1 is 1.03 bits per heavy atom. The molecule has 1 heterocycles. The van der Waals surface area contributed by atoms with Crippen LogP contribution in [0.3, 0.4) is 0 Å².